The second-order valence-electron chi connectivity index (χ2n) is 4.75. The Bertz CT molecular complexity index is 565. The van der Waals surface area contributed by atoms with Crippen LogP contribution in [0.2, 0.25) is 0 Å². The lowest BCUT2D eigenvalue weighted by atomic mass is 9.86. The van der Waals surface area contributed by atoms with Gasteiger partial charge in [0.25, 0.3) is 0 Å². The number of ether oxygens (including phenoxy) is 2. The van der Waals surface area contributed by atoms with E-state index in [0.29, 0.717) is 6.61 Å². The molecule has 0 spiro atoms. The lowest BCUT2D eigenvalue weighted by Crippen LogP contribution is -2.29. The first-order valence-electron chi connectivity index (χ1n) is 6.41. The molecule has 0 fully saturated rings. The summed E-state index contributed by atoms with van der Waals surface area (Å²) in [6.07, 6.45) is 0. The third-order valence-corrected chi connectivity index (χ3v) is 3.67. The summed E-state index contributed by atoms with van der Waals surface area (Å²) in [5.41, 5.74) is 8.64. The standard InChI is InChI=1S/C16H17NO2/c1-18-12-8-6-11(7-9-12)14-10-19-15-5-3-2-4-13(15)16(14)17/h2-9,14,16H,10,17H2,1H3/t14-,16+/m1/s1. The number of fused-ring (bicyclic) bond motifs is 1. The van der Waals surface area contributed by atoms with E-state index >= 15 is 0 Å². The third kappa shape index (κ3) is 2.17. The fourth-order valence-corrected chi connectivity index (χ4v) is 2.54. The highest BCUT2D eigenvalue weighted by atomic mass is 16.5. The van der Waals surface area contributed by atoms with Crippen LogP contribution < -0.4 is 15.2 Å². The number of hydrogen-bond acceptors (Lipinski definition) is 3. The van der Waals surface area contributed by atoms with Crippen LogP contribution in [0.25, 0.3) is 0 Å². The number of hydrogen-bond donors (Lipinski definition) is 1. The van der Waals surface area contributed by atoms with E-state index in [1.54, 1.807) is 7.11 Å². The average Bonchev–Trinajstić information content (AvgIpc) is 2.48. The Morgan fingerprint density at radius 3 is 2.58 bits per heavy atom. The topological polar surface area (TPSA) is 44.5 Å². The molecule has 0 saturated carbocycles. The van der Waals surface area contributed by atoms with E-state index in [1.165, 1.54) is 5.56 Å². The van der Waals surface area contributed by atoms with E-state index in [4.69, 9.17) is 15.2 Å². The molecule has 0 amide bonds. The summed E-state index contributed by atoms with van der Waals surface area (Å²) in [4.78, 5) is 0. The zero-order valence-electron chi connectivity index (χ0n) is 10.9. The molecule has 1 aliphatic rings. The van der Waals surface area contributed by atoms with E-state index in [2.05, 4.69) is 12.1 Å². The second-order valence-corrected chi connectivity index (χ2v) is 4.75. The van der Waals surface area contributed by atoms with Crippen molar-refractivity contribution in [2.45, 2.75) is 12.0 Å². The van der Waals surface area contributed by atoms with Crippen LogP contribution in [0.1, 0.15) is 23.1 Å². The zero-order chi connectivity index (χ0) is 13.2. The fraction of sp³-hybridized carbons (Fsp3) is 0.250. The highest BCUT2D eigenvalue weighted by Gasteiger charge is 2.28. The number of benzene rings is 2. The van der Waals surface area contributed by atoms with Gasteiger partial charge in [-0.05, 0) is 23.8 Å². The van der Waals surface area contributed by atoms with E-state index in [1.807, 2.05) is 36.4 Å². The van der Waals surface area contributed by atoms with Crippen LogP contribution in [0.15, 0.2) is 48.5 Å². The van der Waals surface area contributed by atoms with Crippen molar-refractivity contribution in [3.05, 3.63) is 59.7 Å². The molecule has 0 unspecified atom stereocenters. The van der Waals surface area contributed by atoms with E-state index in [-0.39, 0.29) is 12.0 Å². The number of nitrogens with two attached hydrogens (primary N) is 1. The molecular formula is C16H17NO2. The Labute approximate surface area is 113 Å². The van der Waals surface area contributed by atoms with E-state index in [0.717, 1.165) is 17.1 Å². The summed E-state index contributed by atoms with van der Waals surface area (Å²) in [6.45, 7) is 0.616. The van der Waals surface area contributed by atoms with Crippen LogP contribution in [-0.4, -0.2) is 13.7 Å². The highest BCUT2D eigenvalue weighted by molar-refractivity contribution is 5.41. The van der Waals surface area contributed by atoms with E-state index < -0.39 is 0 Å². The van der Waals surface area contributed by atoms with Gasteiger partial charge in [0.1, 0.15) is 11.5 Å². The van der Waals surface area contributed by atoms with Gasteiger partial charge in [0.15, 0.2) is 0 Å². The van der Waals surface area contributed by atoms with Gasteiger partial charge in [0.2, 0.25) is 0 Å². The van der Waals surface area contributed by atoms with Gasteiger partial charge < -0.3 is 15.2 Å². The van der Waals surface area contributed by atoms with Crippen LogP contribution >= 0.6 is 0 Å². The molecule has 3 rings (SSSR count). The summed E-state index contributed by atoms with van der Waals surface area (Å²) < 4.78 is 11.0. The molecule has 2 aromatic carbocycles. The maximum Gasteiger partial charge on any atom is 0.124 e. The lowest BCUT2D eigenvalue weighted by Gasteiger charge is -2.31. The number of methoxy groups -OCH3 is 1. The van der Waals surface area contributed by atoms with Crippen molar-refractivity contribution in [1.29, 1.82) is 0 Å². The molecule has 0 bridgehead atoms. The molecule has 2 aromatic rings. The maximum absolute atomic E-state index is 6.38. The molecule has 2 N–H and O–H groups in total. The first-order valence-corrected chi connectivity index (χ1v) is 6.41. The molecule has 0 aromatic heterocycles. The number of rotatable bonds is 2. The molecule has 2 atom stereocenters. The number of para-hydroxylation sites is 1. The van der Waals surface area contributed by atoms with Crippen LogP contribution in [0, 0.1) is 0 Å². The zero-order valence-corrected chi connectivity index (χ0v) is 10.9. The third-order valence-electron chi connectivity index (χ3n) is 3.67. The summed E-state index contributed by atoms with van der Waals surface area (Å²) >= 11 is 0. The van der Waals surface area contributed by atoms with Crippen molar-refractivity contribution < 1.29 is 9.47 Å². The monoisotopic (exact) mass is 255 g/mol. The molecular weight excluding hydrogens is 238 g/mol. The minimum absolute atomic E-state index is 0.0293. The molecule has 0 radical (unpaired) electrons. The Morgan fingerprint density at radius 1 is 1.11 bits per heavy atom. The van der Waals surface area contributed by atoms with Gasteiger partial charge in [-0.3, -0.25) is 0 Å². The summed E-state index contributed by atoms with van der Waals surface area (Å²) in [5, 5.41) is 0. The fourth-order valence-electron chi connectivity index (χ4n) is 2.54. The van der Waals surface area contributed by atoms with Crippen molar-refractivity contribution >= 4 is 0 Å². The Kier molecular flexibility index (Phi) is 3.13. The average molecular weight is 255 g/mol. The minimum Gasteiger partial charge on any atom is -0.497 e. The van der Waals surface area contributed by atoms with Gasteiger partial charge in [-0.2, -0.15) is 0 Å². The predicted molar refractivity (Wildman–Crippen MR) is 74.6 cm³/mol. The van der Waals surface area contributed by atoms with Gasteiger partial charge in [-0.25, -0.2) is 0 Å². The summed E-state index contributed by atoms with van der Waals surface area (Å²) in [7, 11) is 1.67. The highest BCUT2D eigenvalue weighted by Crippen LogP contribution is 2.38. The molecule has 0 aliphatic carbocycles. The predicted octanol–water partition coefficient (Wildman–Crippen LogP) is 2.87. The SMILES string of the molecule is COc1ccc([C@H]2COc3ccccc3[C@@H]2N)cc1. The second kappa shape index (κ2) is 4.94. The first-order chi connectivity index (χ1) is 9.29. The first kappa shape index (κ1) is 12.1. The van der Waals surface area contributed by atoms with Gasteiger partial charge in [-0.1, -0.05) is 30.3 Å². The van der Waals surface area contributed by atoms with E-state index in [9.17, 15) is 0 Å². The molecule has 1 heterocycles. The van der Waals surface area contributed by atoms with Crippen molar-refractivity contribution in [3.63, 3.8) is 0 Å². The quantitative estimate of drug-likeness (QED) is 0.897. The Morgan fingerprint density at radius 2 is 1.84 bits per heavy atom. The minimum atomic E-state index is -0.0293. The van der Waals surface area contributed by atoms with Gasteiger partial charge >= 0.3 is 0 Å². The summed E-state index contributed by atoms with van der Waals surface area (Å²) in [6, 6.07) is 16.0. The van der Waals surface area contributed by atoms with Crippen molar-refractivity contribution in [2.75, 3.05) is 13.7 Å². The molecule has 1 aliphatic heterocycles. The van der Waals surface area contributed by atoms with Crippen molar-refractivity contribution in [3.8, 4) is 11.5 Å². The normalized spacial score (nSPS) is 21.4. The molecule has 98 valence electrons. The maximum atomic E-state index is 6.38. The van der Waals surface area contributed by atoms with Gasteiger partial charge in [0.05, 0.1) is 13.7 Å². The molecule has 3 heteroatoms. The largest absolute Gasteiger partial charge is 0.497 e. The van der Waals surface area contributed by atoms with Crippen molar-refractivity contribution in [1.82, 2.24) is 0 Å². The Balaban J connectivity index is 1.90. The molecule has 3 nitrogen and oxygen atoms in total. The van der Waals surface area contributed by atoms with Gasteiger partial charge in [-0.15, -0.1) is 0 Å². The van der Waals surface area contributed by atoms with Gasteiger partial charge in [0, 0.05) is 17.5 Å². The molecule has 0 saturated heterocycles. The summed E-state index contributed by atoms with van der Waals surface area (Å²) in [5.74, 6) is 1.94. The van der Waals surface area contributed by atoms with Crippen LogP contribution in [0.4, 0.5) is 0 Å². The van der Waals surface area contributed by atoms with Crippen molar-refractivity contribution in [2.24, 2.45) is 5.73 Å². The van der Waals surface area contributed by atoms with Crippen LogP contribution in [0.5, 0.6) is 11.5 Å². The smallest absolute Gasteiger partial charge is 0.124 e. The Hall–Kier alpha value is -2.00. The van der Waals surface area contributed by atoms with Crippen LogP contribution in [-0.2, 0) is 0 Å². The lowest BCUT2D eigenvalue weighted by molar-refractivity contribution is 0.239. The molecule has 19 heavy (non-hydrogen) atoms. The van der Waals surface area contributed by atoms with Crippen LogP contribution in [0.3, 0.4) is 0 Å².